The van der Waals surface area contributed by atoms with Crippen molar-refractivity contribution in [2.24, 2.45) is 0 Å². The molecule has 1 rings (SSSR count). The van der Waals surface area contributed by atoms with Gasteiger partial charge in [0.05, 0.1) is 0 Å². The number of ether oxygens (including phenoxy) is 2. The summed E-state index contributed by atoms with van der Waals surface area (Å²) >= 11 is 0. The fraction of sp³-hybridized carbons (Fsp3) is 0.913. The van der Waals surface area contributed by atoms with Crippen LogP contribution < -0.4 is 0 Å². The standard InChI is InChI=1S/C23H44O2/c1-2-3-4-5-6-7-8-9-10-11-12-13-14-15-16-18-21-24-23-20-17-19-22-25-23/h5-6,23H,2-4,7-22H2,1H3. The third kappa shape index (κ3) is 15.6. The van der Waals surface area contributed by atoms with Crippen molar-refractivity contribution in [3.05, 3.63) is 12.2 Å². The smallest absolute Gasteiger partial charge is 0.157 e. The lowest BCUT2D eigenvalue weighted by molar-refractivity contribution is -0.162. The Kier molecular flexibility index (Phi) is 16.8. The van der Waals surface area contributed by atoms with E-state index >= 15 is 0 Å². The molecular weight excluding hydrogens is 308 g/mol. The first-order chi connectivity index (χ1) is 12.4. The summed E-state index contributed by atoms with van der Waals surface area (Å²) < 4.78 is 11.4. The normalized spacial score (nSPS) is 18.2. The van der Waals surface area contributed by atoms with Gasteiger partial charge in [-0.3, -0.25) is 0 Å². The third-order valence-electron chi connectivity index (χ3n) is 5.10. The Labute approximate surface area is 157 Å². The minimum Gasteiger partial charge on any atom is -0.353 e. The summed E-state index contributed by atoms with van der Waals surface area (Å²) in [7, 11) is 0. The maximum atomic E-state index is 5.78. The molecule has 1 saturated heterocycles. The summed E-state index contributed by atoms with van der Waals surface area (Å²) in [4.78, 5) is 0. The summed E-state index contributed by atoms with van der Waals surface area (Å²) in [6.45, 7) is 4.04. The molecule has 0 aliphatic carbocycles. The molecule has 2 nitrogen and oxygen atoms in total. The average Bonchev–Trinajstić information content (AvgIpc) is 2.65. The van der Waals surface area contributed by atoms with E-state index in [-0.39, 0.29) is 6.29 Å². The molecule has 1 aliphatic rings. The van der Waals surface area contributed by atoms with Crippen molar-refractivity contribution >= 4 is 0 Å². The van der Waals surface area contributed by atoms with Crippen LogP contribution in [0.1, 0.15) is 116 Å². The Morgan fingerprint density at radius 3 is 1.96 bits per heavy atom. The molecule has 2 heteroatoms. The molecule has 0 radical (unpaired) electrons. The predicted octanol–water partition coefficient (Wildman–Crippen LogP) is 7.57. The molecule has 1 atom stereocenters. The van der Waals surface area contributed by atoms with Gasteiger partial charge in [-0.1, -0.05) is 83.3 Å². The van der Waals surface area contributed by atoms with Crippen molar-refractivity contribution in [2.45, 2.75) is 122 Å². The van der Waals surface area contributed by atoms with Gasteiger partial charge in [0, 0.05) is 13.2 Å². The van der Waals surface area contributed by atoms with Crippen LogP contribution in [0.5, 0.6) is 0 Å². The van der Waals surface area contributed by atoms with Crippen molar-refractivity contribution < 1.29 is 9.47 Å². The summed E-state index contributed by atoms with van der Waals surface area (Å²) in [6.07, 6.45) is 27.4. The Balaban J connectivity index is 1.68. The van der Waals surface area contributed by atoms with Crippen molar-refractivity contribution in [1.82, 2.24) is 0 Å². The number of unbranched alkanes of at least 4 members (excludes halogenated alkanes) is 12. The first-order valence-electron chi connectivity index (χ1n) is 11.3. The van der Waals surface area contributed by atoms with Crippen LogP contribution in [0.2, 0.25) is 0 Å². The summed E-state index contributed by atoms with van der Waals surface area (Å²) in [5.41, 5.74) is 0. The molecule has 0 saturated carbocycles. The van der Waals surface area contributed by atoms with E-state index in [2.05, 4.69) is 19.1 Å². The second-order valence-electron chi connectivity index (χ2n) is 7.60. The van der Waals surface area contributed by atoms with Crippen LogP contribution in [0.4, 0.5) is 0 Å². The molecule has 1 heterocycles. The highest BCUT2D eigenvalue weighted by molar-refractivity contribution is 4.81. The van der Waals surface area contributed by atoms with Crippen LogP contribution in [-0.4, -0.2) is 19.5 Å². The van der Waals surface area contributed by atoms with Crippen LogP contribution in [0.3, 0.4) is 0 Å². The van der Waals surface area contributed by atoms with Gasteiger partial charge in [0.2, 0.25) is 0 Å². The van der Waals surface area contributed by atoms with E-state index in [0.29, 0.717) is 0 Å². The number of hydrogen-bond acceptors (Lipinski definition) is 2. The lowest BCUT2D eigenvalue weighted by Crippen LogP contribution is -2.22. The molecule has 1 aliphatic heterocycles. The number of rotatable bonds is 17. The maximum absolute atomic E-state index is 5.78. The van der Waals surface area contributed by atoms with Gasteiger partial charge in [0.25, 0.3) is 0 Å². The minimum atomic E-state index is 0.0978. The summed E-state index contributed by atoms with van der Waals surface area (Å²) in [5.74, 6) is 0. The quantitative estimate of drug-likeness (QED) is 0.198. The lowest BCUT2D eigenvalue weighted by atomic mass is 10.1. The van der Waals surface area contributed by atoms with E-state index in [9.17, 15) is 0 Å². The van der Waals surface area contributed by atoms with E-state index in [1.807, 2.05) is 0 Å². The second kappa shape index (κ2) is 18.5. The number of allylic oxidation sites excluding steroid dienone is 2. The first-order valence-corrected chi connectivity index (χ1v) is 11.3. The molecule has 0 bridgehead atoms. The second-order valence-corrected chi connectivity index (χ2v) is 7.60. The SMILES string of the molecule is CCCCC=CCCCCCCCCCCCCOC1CCCCO1. The van der Waals surface area contributed by atoms with Crippen molar-refractivity contribution in [2.75, 3.05) is 13.2 Å². The molecule has 0 N–H and O–H groups in total. The van der Waals surface area contributed by atoms with E-state index < -0.39 is 0 Å². The average molecular weight is 353 g/mol. The van der Waals surface area contributed by atoms with Gasteiger partial charge in [-0.05, 0) is 44.9 Å². The Bertz CT molecular complexity index is 282. The van der Waals surface area contributed by atoms with Gasteiger partial charge in [-0.15, -0.1) is 0 Å². The van der Waals surface area contributed by atoms with Gasteiger partial charge >= 0.3 is 0 Å². The highest BCUT2D eigenvalue weighted by atomic mass is 16.7. The first kappa shape index (κ1) is 22.7. The molecule has 0 aromatic heterocycles. The van der Waals surface area contributed by atoms with E-state index in [1.165, 1.54) is 103 Å². The highest BCUT2D eigenvalue weighted by Crippen LogP contribution is 2.15. The molecule has 25 heavy (non-hydrogen) atoms. The molecule has 1 unspecified atom stereocenters. The molecule has 0 spiro atoms. The van der Waals surface area contributed by atoms with E-state index in [0.717, 1.165) is 19.6 Å². The topological polar surface area (TPSA) is 18.5 Å². The third-order valence-corrected chi connectivity index (χ3v) is 5.10. The van der Waals surface area contributed by atoms with Crippen molar-refractivity contribution in [3.8, 4) is 0 Å². The molecule has 0 aromatic carbocycles. The maximum Gasteiger partial charge on any atom is 0.157 e. The molecule has 0 amide bonds. The fourth-order valence-electron chi connectivity index (χ4n) is 3.39. The van der Waals surface area contributed by atoms with Crippen molar-refractivity contribution in [1.29, 1.82) is 0 Å². The fourth-order valence-corrected chi connectivity index (χ4v) is 3.39. The minimum absolute atomic E-state index is 0.0978. The van der Waals surface area contributed by atoms with Crippen molar-refractivity contribution in [3.63, 3.8) is 0 Å². The van der Waals surface area contributed by atoms with Gasteiger partial charge in [0.1, 0.15) is 0 Å². The Hall–Kier alpha value is -0.340. The molecule has 0 aromatic rings. The van der Waals surface area contributed by atoms with Crippen LogP contribution in [0.15, 0.2) is 12.2 Å². The zero-order chi connectivity index (χ0) is 17.8. The van der Waals surface area contributed by atoms with Gasteiger partial charge in [-0.2, -0.15) is 0 Å². The highest BCUT2D eigenvalue weighted by Gasteiger charge is 2.13. The molecule has 148 valence electrons. The Morgan fingerprint density at radius 2 is 1.36 bits per heavy atom. The lowest BCUT2D eigenvalue weighted by Gasteiger charge is -2.22. The monoisotopic (exact) mass is 352 g/mol. The predicted molar refractivity (Wildman–Crippen MR) is 109 cm³/mol. The van der Waals surface area contributed by atoms with Crippen LogP contribution in [0.25, 0.3) is 0 Å². The molecule has 1 fully saturated rings. The zero-order valence-electron chi connectivity index (χ0n) is 17.0. The zero-order valence-corrected chi connectivity index (χ0v) is 17.0. The summed E-state index contributed by atoms with van der Waals surface area (Å²) in [6, 6.07) is 0. The van der Waals surface area contributed by atoms with E-state index in [1.54, 1.807) is 0 Å². The van der Waals surface area contributed by atoms with Gasteiger partial charge < -0.3 is 9.47 Å². The van der Waals surface area contributed by atoms with Crippen LogP contribution in [0, 0.1) is 0 Å². The van der Waals surface area contributed by atoms with Crippen LogP contribution in [-0.2, 0) is 9.47 Å². The van der Waals surface area contributed by atoms with Gasteiger partial charge in [0.15, 0.2) is 6.29 Å². The Morgan fingerprint density at radius 1 is 0.760 bits per heavy atom. The molecular formula is C23H44O2. The van der Waals surface area contributed by atoms with Gasteiger partial charge in [-0.25, -0.2) is 0 Å². The van der Waals surface area contributed by atoms with Crippen LogP contribution >= 0.6 is 0 Å². The largest absolute Gasteiger partial charge is 0.353 e. The van der Waals surface area contributed by atoms with E-state index in [4.69, 9.17) is 9.47 Å². The summed E-state index contributed by atoms with van der Waals surface area (Å²) in [5, 5.41) is 0. The number of hydrogen-bond donors (Lipinski definition) is 0.